The van der Waals surface area contributed by atoms with Gasteiger partial charge in [0, 0.05) is 0 Å². The van der Waals surface area contributed by atoms with Crippen LogP contribution in [-0.4, -0.2) is 0 Å². The van der Waals surface area contributed by atoms with E-state index in [1.165, 1.54) is 11.1 Å². The molecule has 0 aliphatic rings. The smallest absolute Gasteiger partial charge is 0.128 e. The van der Waals surface area contributed by atoms with Crippen molar-refractivity contribution >= 4 is 12.9 Å². The van der Waals surface area contributed by atoms with E-state index in [0.29, 0.717) is 12.5 Å². The highest BCUT2D eigenvalue weighted by Gasteiger charge is 1.98. The monoisotopic (exact) mass is 183 g/mol. The van der Waals surface area contributed by atoms with Crippen LogP contribution >= 0.6 is 0 Å². The maximum atomic E-state index is 4.83. The van der Waals surface area contributed by atoms with Crippen LogP contribution in [0.4, 0.5) is 0 Å². The molecule has 0 amide bonds. The van der Waals surface area contributed by atoms with E-state index in [9.17, 15) is 0 Å². The van der Waals surface area contributed by atoms with Gasteiger partial charge in [0.25, 0.3) is 0 Å². The van der Waals surface area contributed by atoms with Gasteiger partial charge in [0.05, 0.1) is 0 Å². The molecule has 0 saturated heterocycles. The van der Waals surface area contributed by atoms with Crippen molar-refractivity contribution < 1.29 is 4.18 Å². The molecule has 0 fully saturated rings. The van der Waals surface area contributed by atoms with Gasteiger partial charge in [0.15, 0.2) is 0 Å². The van der Waals surface area contributed by atoms with Gasteiger partial charge in [-0.05, 0) is 17.0 Å². The summed E-state index contributed by atoms with van der Waals surface area (Å²) in [5.74, 6) is 0.600. The van der Waals surface area contributed by atoms with E-state index in [0.717, 1.165) is 0 Å². The maximum Gasteiger partial charge on any atom is 0.128 e. The molecule has 66 valence electrons. The average molecular weight is 183 g/mol. The minimum Gasteiger partial charge on any atom is -0.174 e. The second-order valence-electron chi connectivity index (χ2n) is 3.18. The summed E-state index contributed by atoms with van der Waals surface area (Å²) in [6, 6.07) is 8.47. The first-order valence-electron chi connectivity index (χ1n) is 4.11. The molecule has 1 rings (SSSR count). The van der Waals surface area contributed by atoms with E-state index in [4.69, 9.17) is 4.18 Å². The Kier molecular flexibility index (Phi) is 3.63. The van der Waals surface area contributed by atoms with Gasteiger partial charge in [-0.15, -0.1) is 0 Å². The molecular formula is C10H15OS+. The topological polar surface area (TPSA) is 9.23 Å². The van der Waals surface area contributed by atoms with Gasteiger partial charge in [-0.1, -0.05) is 38.1 Å². The van der Waals surface area contributed by atoms with Crippen LogP contribution in [0, 0.1) is 0 Å². The number of hydrogen-bond donors (Lipinski definition) is 0. The quantitative estimate of drug-likeness (QED) is 0.653. The highest BCUT2D eigenvalue weighted by molar-refractivity contribution is 7.53. The van der Waals surface area contributed by atoms with Crippen molar-refractivity contribution in [3.8, 4) is 0 Å². The van der Waals surface area contributed by atoms with E-state index in [-0.39, 0.29) is 0 Å². The van der Waals surface area contributed by atoms with Crippen molar-refractivity contribution in [3.63, 3.8) is 0 Å². The van der Waals surface area contributed by atoms with Crippen LogP contribution in [0.3, 0.4) is 0 Å². The minimum absolute atomic E-state index is 0.600. The van der Waals surface area contributed by atoms with Gasteiger partial charge >= 0.3 is 0 Å². The fourth-order valence-electron chi connectivity index (χ4n) is 1.08. The van der Waals surface area contributed by atoms with Crippen molar-refractivity contribution in [2.45, 2.75) is 26.4 Å². The molecule has 0 radical (unpaired) electrons. The van der Waals surface area contributed by atoms with Crippen LogP contribution in [0.25, 0.3) is 0 Å². The number of hydrogen-bond acceptors (Lipinski definition) is 1. The first kappa shape index (κ1) is 9.62. The standard InChI is InChI=1S/C10H14OS/c1-8(2)10-5-3-9(4-6-10)7-11-12/h3-6,8,12H,7H2,1-2H3/p+1. The molecule has 0 N–H and O–H groups in total. The summed E-state index contributed by atoms with van der Waals surface area (Å²) < 4.78 is 4.83. The molecule has 12 heavy (non-hydrogen) atoms. The summed E-state index contributed by atoms with van der Waals surface area (Å²) in [5, 5.41) is 0. The summed E-state index contributed by atoms with van der Waals surface area (Å²) in [6.45, 7) is 5.00. The van der Waals surface area contributed by atoms with Gasteiger partial charge in [0.2, 0.25) is 0 Å². The second kappa shape index (κ2) is 4.53. The van der Waals surface area contributed by atoms with Crippen LogP contribution in [-0.2, 0) is 23.7 Å². The minimum atomic E-state index is 0.600. The van der Waals surface area contributed by atoms with Gasteiger partial charge in [-0.3, -0.25) is 0 Å². The van der Waals surface area contributed by atoms with Crippen molar-refractivity contribution in [2.75, 3.05) is 0 Å². The van der Waals surface area contributed by atoms with Crippen molar-refractivity contribution in [2.24, 2.45) is 0 Å². The Morgan fingerprint density at radius 1 is 1.25 bits per heavy atom. The van der Waals surface area contributed by atoms with Gasteiger partial charge < -0.3 is 0 Å². The lowest BCUT2D eigenvalue weighted by atomic mass is 10.0. The summed E-state index contributed by atoms with van der Waals surface area (Å²) in [4.78, 5) is 0. The van der Waals surface area contributed by atoms with Gasteiger partial charge in [-0.25, -0.2) is 0 Å². The molecule has 0 aromatic heterocycles. The molecule has 0 heterocycles. The highest BCUT2D eigenvalue weighted by atomic mass is 32.1. The van der Waals surface area contributed by atoms with E-state index in [1.807, 2.05) is 0 Å². The van der Waals surface area contributed by atoms with Crippen LogP contribution in [0.5, 0.6) is 0 Å². The van der Waals surface area contributed by atoms with E-state index >= 15 is 0 Å². The Morgan fingerprint density at radius 2 is 1.83 bits per heavy atom. The molecule has 0 bridgehead atoms. The Labute approximate surface area is 79.4 Å². The fourth-order valence-corrected chi connectivity index (χ4v) is 1.25. The normalized spacial score (nSPS) is 10.7. The average Bonchev–Trinajstić information content (AvgIpc) is 2.06. The molecule has 0 aliphatic carbocycles. The first-order chi connectivity index (χ1) is 5.74. The maximum absolute atomic E-state index is 4.83. The lowest BCUT2D eigenvalue weighted by Crippen LogP contribution is -1.89. The third-order valence-corrected chi connectivity index (χ3v) is 2.03. The summed E-state index contributed by atoms with van der Waals surface area (Å²) >= 11 is 2.98. The molecule has 1 aromatic rings. The Hall–Kier alpha value is -0.470. The van der Waals surface area contributed by atoms with E-state index in [2.05, 4.69) is 51.0 Å². The Balaban J connectivity index is 2.71. The lowest BCUT2D eigenvalue weighted by Gasteiger charge is -2.04. The van der Waals surface area contributed by atoms with Crippen molar-refractivity contribution in [1.82, 2.24) is 0 Å². The zero-order chi connectivity index (χ0) is 8.97. The molecular weight excluding hydrogens is 168 g/mol. The number of rotatable bonds is 3. The van der Waals surface area contributed by atoms with E-state index in [1.54, 1.807) is 0 Å². The molecule has 1 nitrogen and oxygen atoms in total. The predicted octanol–water partition coefficient (Wildman–Crippen LogP) is 2.25. The van der Waals surface area contributed by atoms with Gasteiger partial charge in [0.1, 0.15) is 19.5 Å². The highest BCUT2D eigenvalue weighted by Crippen LogP contribution is 2.14. The van der Waals surface area contributed by atoms with Crippen LogP contribution in [0.1, 0.15) is 30.9 Å². The van der Waals surface area contributed by atoms with Crippen molar-refractivity contribution in [1.29, 1.82) is 0 Å². The van der Waals surface area contributed by atoms with Crippen LogP contribution in [0.15, 0.2) is 24.3 Å². The SMILES string of the molecule is CC(C)c1ccc(CO[SH2+])cc1. The lowest BCUT2D eigenvalue weighted by molar-refractivity contribution is 0.368. The van der Waals surface area contributed by atoms with Crippen molar-refractivity contribution in [3.05, 3.63) is 35.4 Å². The summed E-state index contributed by atoms with van der Waals surface area (Å²) in [5.41, 5.74) is 2.56. The van der Waals surface area contributed by atoms with E-state index < -0.39 is 0 Å². The molecule has 0 spiro atoms. The third kappa shape index (κ3) is 2.54. The largest absolute Gasteiger partial charge is 0.174 e. The Bertz CT molecular complexity index is 228. The van der Waals surface area contributed by atoms with Crippen LogP contribution < -0.4 is 0 Å². The third-order valence-electron chi connectivity index (χ3n) is 1.89. The molecule has 2 heteroatoms. The molecule has 0 atom stereocenters. The molecule has 0 saturated carbocycles. The zero-order valence-corrected chi connectivity index (χ0v) is 8.50. The second-order valence-corrected chi connectivity index (χ2v) is 3.47. The van der Waals surface area contributed by atoms with Gasteiger partial charge in [-0.2, -0.15) is 4.18 Å². The molecule has 0 unspecified atom stereocenters. The van der Waals surface area contributed by atoms with Crippen LogP contribution in [0.2, 0.25) is 0 Å². The summed E-state index contributed by atoms with van der Waals surface area (Å²) in [6.07, 6.45) is 0. The first-order valence-corrected chi connectivity index (χ1v) is 4.52. The summed E-state index contributed by atoms with van der Waals surface area (Å²) in [7, 11) is 0. The molecule has 1 aromatic carbocycles. The zero-order valence-electron chi connectivity index (χ0n) is 7.50. The predicted molar refractivity (Wildman–Crippen MR) is 55.5 cm³/mol. The fraction of sp³-hybridized carbons (Fsp3) is 0.400. The molecule has 0 aliphatic heterocycles. The Morgan fingerprint density at radius 3 is 2.25 bits per heavy atom. The number of benzene rings is 1.